The van der Waals surface area contributed by atoms with Gasteiger partial charge < -0.3 is 8.97 Å². The summed E-state index contributed by atoms with van der Waals surface area (Å²) in [6.07, 6.45) is 8.88. The van der Waals surface area contributed by atoms with Gasteiger partial charge >= 0.3 is 0 Å². The molecule has 0 spiro atoms. The number of allylic oxidation sites excluding steroid dienone is 3. The molecule has 0 aromatic carbocycles. The van der Waals surface area contributed by atoms with Crippen LogP contribution in [0.3, 0.4) is 0 Å². The van der Waals surface area contributed by atoms with Crippen molar-refractivity contribution in [3.8, 4) is 0 Å². The van der Waals surface area contributed by atoms with E-state index in [1.54, 1.807) is 17.9 Å². The fourth-order valence-corrected chi connectivity index (χ4v) is 1.99. The van der Waals surface area contributed by atoms with Crippen LogP contribution in [0.1, 0.15) is 5.56 Å². The van der Waals surface area contributed by atoms with Gasteiger partial charge in [0.1, 0.15) is 0 Å². The van der Waals surface area contributed by atoms with Crippen molar-refractivity contribution in [3.63, 3.8) is 0 Å². The minimum atomic E-state index is -0.768. The number of hydrogen-bond donors (Lipinski definition) is 1. The van der Waals surface area contributed by atoms with Crippen molar-refractivity contribution in [2.24, 2.45) is 0 Å². The Labute approximate surface area is 73.0 Å². The van der Waals surface area contributed by atoms with E-state index in [1.807, 2.05) is 24.3 Å². The van der Waals surface area contributed by atoms with Crippen molar-refractivity contribution in [1.29, 1.82) is 0 Å². The van der Waals surface area contributed by atoms with Crippen LogP contribution in [0, 0.1) is 0 Å². The van der Waals surface area contributed by atoms with E-state index in [9.17, 15) is 4.55 Å². The molecule has 62 valence electrons. The fraction of sp³-hybridized carbons (Fsp3) is 0. The molecular weight excluding hydrogens is 172 g/mol. The number of hydrogen-bond acceptors (Lipinski definition) is 2. The summed E-state index contributed by atoms with van der Waals surface area (Å²) < 4.78 is 14.5. The molecule has 2 nitrogen and oxygen atoms in total. The largest absolute Gasteiger partial charge is 0.472 e. The molecule has 0 aliphatic carbocycles. The summed E-state index contributed by atoms with van der Waals surface area (Å²) in [6.45, 7) is 0. The number of furan rings is 1. The van der Waals surface area contributed by atoms with Crippen LogP contribution in [-0.2, 0) is 0 Å². The zero-order chi connectivity index (χ0) is 8.39. The zero-order valence-corrected chi connectivity index (χ0v) is 7.12. The zero-order valence-electron chi connectivity index (χ0n) is 6.31. The van der Waals surface area contributed by atoms with Crippen molar-refractivity contribution >= 4 is 21.0 Å². The SMILES string of the molecule is OS1=CC=CC=C1c1ccoc1. The highest BCUT2D eigenvalue weighted by Gasteiger charge is 2.05. The Balaban J connectivity index is 2.43. The molecule has 0 saturated heterocycles. The first-order valence-corrected chi connectivity index (χ1v) is 4.79. The molecule has 0 radical (unpaired) electrons. The Kier molecular flexibility index (Phi) is 1.98. The summed E-state index contributed by atoms with van der Waals surface area (Å²) in [4.78, 5) is 0.909. The van der Waals surface area contributed by atoms with E-state index in [1.165, 1.54) is 0 Å². The van der Waals surface area contributed by atoms with Crippen LogP contribution in [0.4, 0.5) is 0 Å². The monoisotopic (exact) mass is 180 g/mol. The molecule has 0 bridgehead atoms. The van der Waals surface area contributed by atoms with E-state index in [0.717, 1.165) is 10.5 Å². The molecule has 1 N–H and O–H groups in total. The summed E-state index contributed by atoms with van der Waals surface area (Å²) >= 11 is 0. The van der Waals surface area contributed by atoms with Crippen molar-refractivity contribution in [1.82, 2.24) is 0 Å². The maximum atomic E-state index is 9.55. The Morgan fingerprint density at radius 3 is 2.92 bits per heavy atom. The van der Waals surface area contributed by atoms with E-state index < -0.39 is 10.8 Å². The summed E-state index contributed by atoms with van der Waals surface area (Å²) in [5.74, 6) is 0. The summed E-state index contributed by atoms with van der Waals surface area (Å²) in [5, 5.41) is 1.77. The Hall–Kier alpha value is -1.06. The molecule has 1 aliphatic rings. The second-order valence-electron chi connectivity index (χ2n) is 2.38. The molecule has 0 amide bonds. The first-order valence-electron chi connectivity index (χ1n) is 3.54. The molecule has 0 saturated carbocycles. The molecule has 2 heterocycles. The van der Waals surface area contributed by atoms with E-state index in [2.05, 4.69) is 0 Å². The minimum absolute atomic E-state index is 0.768. The molecule has 2 rings (SSSR count). The molecular formula is C9H8O2S. The lowest BCUT2D eigenvalue weighted by molar-refractivity contribution is 0.566. The minimum Gasteiger partial charge on any atom is -0.472 e. The average molecular weight is 180 g/mol. The normalized spacial score (nSPS) is 21.8. The van der Waals surface area contributed by atoms with Crippen molar-refractivity contribution in [2.45, 2.75) is 0 Å². The molecule has 0 fully saturated rings. The first-order chi connectivity index (χ1) is 5.88. The van der Waals surface area contributed by atoms with E-state index in [-0.39, 0.29) is 0 Å². The fourth-order valence-electron chi connectivity index (χ4n) is 1.03. The highest BCUT2D eigenvalue weighted by molar-refractivity contribution is 8.18. The topological polar surface area (TPSA) is 33.4 Å². The van der Waals surface area contributed by atoms with Gasteiger partial charge in [-0.15, -0.1) is 0 Å². The molecule has 1 atom stereocenters. The highest BCUT2D eigenvalue weighted by Crippen LogP contribution is 2.32. The third-order valence-electron chi connectivity index (χ3n) is 1.60. The van der Waals surface area contributed by atoms with Gasteiger partial charge in [-0.3, -0.25) is 0 Å². The van der Waals surface area contributed by atoms with Gasteiger partial charge in [-0.05, 0) is 28.3 Å². The first kappa shape index (κ1) is 7.58. The molecule has 1 aliphatic heterocycles. The van der Waals surface area contributed by atoms with Gasteiger partial charge in [0, 0.05) is 10.5 Å². The lowest BCUT2D eigenvalue weighted by Gasteiger charge is -2.05. The van der Waals surface area contributed by atoms with Crippen LogP contribution in [0.25, 0.3) is 4.91 Å². The molecule has 1 aromatic rings. The van der Waals surface area contributed by atoms with E-state index in [4.69, 9.17) is 4.42 Å². The second kappa shape index (κ2) is 3.13. The van der Waals surface area contributed by atoms with Crippen molar-refractivity contribution < 1.29 is 8.97 Å². The van der Waals surface area contributed by atoms with Gasteiger partial charge in [-0.25, -0.2) is 0 Å². The molecule has 1 aromatic heterocycles. The summed E-state index contributed by atoms with van der Waals surface area (Å²) in [6, 6.07) is 1.84. The average Bonchev–Trinajstić information content (AvgIpc) is 2.57. The standard InChI is InChI=1S/C9H8O2S/c10-12-6-2-1-3-9(12)8-4-5-11-7-8/h1-7,10H. The highest BCUT2D eigenvalue weighted by atomic mass is 32.2. The third kappa shape index (κ3) is 1.29. The van der Waals surface area contributed by atoms with E-state index in [0.29, 0.717) is 0 Å². The summed E-state index contributed by atoms with van der Waals surface area (Å²) in [7, 11) is -0.768. The third-order valence-corrected chi connectivity index (χ3v) is 2.83. The second-order valence-corrected chi connectivity index (χ2v) is 3.72. The van der Waals surface area contributed by atoms with E-state index >= 15 is 0 Å². The van der Waals surface area contributed by atoms with Gasteiger partial charge in [0.25, 0.3) is 0 Å². The van der Waals surface area contributed by atoms with Crippen molar-refractivity contribution in [3.05, 3.63) is 42.4 Å². The van der Waals surface area contributed by atoms with Crippen LogP contribution >= 0.6 is 10.8 Å². The lowest BCUT2D eigenvalue weighted by Crippen LogP contribution is -1.83. The van der Waals surface area contributed by atoms with Crippen LogP contribution < -0.4 is 0 Å². The van der Waals surface area contributed by atoms with Crippen LogP contribution in [0.15, 0.2) is 41.2 Å². The van der Waals surface area contributed by atoms with Gasteiger partial charge in [0.15, 0.2) is 0 Å². The van der Waals surface area contributed by atoms with Crippen LogP contribution in [0.5, 0.6) is 0 Å². The Bertz CT molecular complexity index is 358. The Morgan fingerprint density at radius 1 is 1.33 bits per heavy atom. The molecule has 3 heteroatoms. The summed E-state index contributed by atoms with van der Waals surface area (Å²) in [5.41, 5.74) is 0.946. The van der Waals surface area contributed by atoms with Gasteiger partial charge in [-0.2, -0.15) is 0 Å². The Morgan fingerprint density at radius 2 is 2.25 bits per heavy atom. The van der Waals surface area contributed by atoms with Gasteiger partial charge in [-0.1, -0.05) is 12.2 Å². The van der Waals surface area contributed by atoms with Crippen LogP contribution in [-0.4, -0.2) is 9.92 Å². The lowest BCUT2D eigenvalue weighted by atomic mass is 10.3. The maximum Gasteiger partial charge on any atom is 0.0986 e. The predicted molar refractivity (Wildman–Crippen MR) is 52.1 cm³/mol. The van der Waals surface area contributed by atoms with Gasteiger partial charge in [0.05, 0.1) is 12.5 Å². The maximum absolute atomic E-state index is 9.55. The van der Waals surface area contributed by atoms with Crippen LogP contribution in [0.2, 0.25) is 0 Å². The smallest absolute Gasteiger partial charge is 0.0986 e. The quantitative estimate of drug-likeness (QED) is 0.674. The van der Waals surface area contributed by atoms with Crippen molar-refractivity contribution in [2.75, 3.05) is 0 Å². The number of rotatable bonds is 1. The van der Waals surface area contributed by atoms with Gasteiger partial charge in [0.2, 0.25) is 0 Å². The molecule has 1 unspecified atom stereocenters. The molecule has 12 heavy (non-hydrogen) atoms. The predicted octanol–water partition coefficient (Wildman–Crippen LogP) is 2.73.